The summed E-state index contributed by atoms with van der Waals surface area (Å²) in [4.78, 5) is 0. The lowest BCUT2D eigenvalue weighted by molar-refractivity contribution is -0.0699. The molecule has 1 rings (SSSR count). The minimum atomic E-state index is -0.470. The van der Waals surface area contributed by atoms with Crippen LogP contribution in [-0.2, 0) is 17.6 Å². The van der Waals surface area contributed by atoms with Crippen LogP contribution in [0.3, 0.4) is 0 Å². The molecule has 1 aromatic carbocycles. The maximum Gasteiger partial charge on any atom is 0.0881 e. The van der Waals surface area contributed by atoms with Crippen LogP contribution in [0, 0.1) is 5.41 Å². The standard InChI is InChI=1S/C16H26O2/c1-6-12-7-9-13(10-8-12)11-14(17)15(18-5)16(2,3)4/h7-10,14-15,17H,6,11H2,1-5H3. The quantitative estimate of drug-likeness (QED) is 0.869. The van der Waals surface area contributed by atoms with Gasteiger partial charge in [0, 0.05) is 13.5 Å². The van der Waals surface area contributed by atoms with Gasteiger partial charge in [-0.3, -0.25) is 0 Å². The first-order chi connectivity index (χ1) is 8.38. The Labute approximate surface area is 111 Å². The molecule has 0 amide bonds. The highest BCUT2D eigenvalue weighted by Crippen LogP contribution is 2.26. The number of ether oxygens (including phenoxy) is 1. The van der Waals surface area contributed by atoms with Gasteiger partial charge in [0.05, 0.1) is 12.2 Å². The van der Waals surface area contributed by atoms with E-state index in [-0.39, 0.29) is 11.5 Å². The number of hydrogen-bond acceptors (Lipinski definition) is 2. The van der Waals surface area contributed by atoms with Crippen LogP contribution in [0.1, 0.15) is 38.8 Å². The maximum atomic E-state index is 10.3. The summed E-state index contributed by atoms with van der Waals surface area (Å²) in [6, 6.07) is 8.44. The van der Waals surface area contributed by atoms with Gasteiger partial charge in [-0.05, 0) is 23.0 Å². The third-order valence-corrected chi connectivity index (χ3v) is 3.33. The van der Waals surface area contributed by atoms with Crippen molar-refractivity contribution < 1.29 is 9.84 Å². The average molecular weight is 250 g/mol. The van der Waals surface area contributed by atoms with Crippen LogP contribution < -0.4 is 0 Å². The Hall–Kier alpha value is -0.860. The maximum absolute atomic E-state index is 10.3. The van der Waals surface area contributed by atoms with Crippen LogP contribution in [0.15, 0.2) is 24.3 Å². The van der Waals surface area contributed by atoms with E-state index in [0.717, 1.165) is 12.0 Å². The van der Waals surface area contributed by atoms with Gasteiger partial charge in [-0.2, -0.15) is 0 Å². The first-order valence-corrected chi connectivity index (χ1v) is 6.67. The minimum absolute atomic E-state index is 0.0580. The Morgan fingerprint density at radius 1 is 1.11 bits per heavy atom. The van der Waals surface area contributed by atoms with E-state index in [1.165, 1.54) is 5.56 Å². The van der Waals surface area contributed by atoms with E-state index in [4.69, 9.17) is 4.74 Å². The van der Waals surface area contributed by atoms with E-state index in [1.54, 1.807) is 7.11 Å². The van der Waals surface area contributed by atoms with E-state index >= 15 is 0 Å². The molecule has 0 aliphatic rings. The van der Waals surface area contributed by atoms with Gasteiger partial charge in [0.1, 0.15) is 0 Å². The van der Waals surface area contributed by atoms with Gasteiger partial charge in [0.2, 0.25) is 0 Å². The van der Waals surface area contributed by atoms with Crippen molar-refractivity contribution in [3.05, 3.63) is 35.4 Å². The molecule has 1 N–H and O–H groups in total. The van der Waals surface area contributed by atoms with Crippen molar-refractivity contribution in [1.29, 1.82) is 0 Å². The van der Waals surface area contributed by atoms with Gasteiger partial charge in [0.15, 0.2) is 0 Å². The summed E-state index contributed by atoms with van der Waals surface area (Å²) in [6.45, 7) is 8.41. The molecule has 0 aliphatic heterocycles. The highest BCUT2D eigenvalue weighted by Gasteiger charge is 2.31. The van der Waals surface area contributed by atoms with Crippen LogP contribution in [0.2, 0.25) is 0 Å². The molecular weight excluding hydrogens is 224 g/mol. The molecule has 0 saturated heterocycles. The summed E-state index contributed by atoms with van der Waals surface area (Å²) in [5, 5.41) is 10.3. The molecular formula is C16H26O2. The normalized spacial score (nSPS) is 15.4. The molecule has 0 radical (unpaired) electrons. The highest BCUT2D eigenvalue weighted by atomic mass is 16.5. The lowest BCUT2D eigenvalue weighted by atomic mass is 9.83. The van der Waals surface area contributed by atoms with Crippen molar-refractivity contribution in [1.82, 2.24) is 0 Å². The van der Waals surface area contributed by atoms with Crippen molar-refractivity contribution in [2.24, 2.45) is 5.41 Å². The van der Waals surface area contributed by atoms with Crippen LogP contribution in [-0.4, -0.2) is 24.4 Å². The van der Waals surface area contributed by atoms with Gasteiger partial charge in [-0.15, -0.1) is 0 Å². The molecule has 0 heterocycles. The Morgan fingerprint density at radius 2 is 1.61 bits per heavy atom. The third-order valence-electron chi connectivity index (χ3n) is 3.33. The highest BCUT2D eigenvalue weighted by molar-refractivity contribution is 5.23. The average Bonchev–Trinajstić information content (AvgIpc) is 2.29. The molecule has 0 aromatic heterocycles. The van der Waals surface area contributed by atoms with Crippen LogP contribution in [0.25, 0.3) is 0 Å². The Morgan fingerprint density at radius 3 is 2.00 bits per heavy atom. The summed E-state index contributed by atoms with van der Waals surface area (Å²) >= 11 is 0. The molecule has 2 nitrogen and oxygen atoms in total. The monoisotopic (exact) mass is 250 g/mol. The van der Waals surface area contributed by atoms with Crippen molar-refractivity contribution >= 4 is 0 Å². The SMILES string of the molecule is CCc1ccc(CC(O)C(OC)C(C)(C)C)cc1. The number of aryl methyl sites for hydroxylation is 1. The zero-order valence-electron chi connectivity index (χ0n) is 12.2. The Bertz CT molecular complexity index is 348. The van der Waals surface area contributed by atoms with E-state index in [1.807, 2.05) is 0 Å². The van der Waals surface area contributed by atoms with E-state index < -0.39 is 6.10 Å². The lowest BCUT2D eigenvalue weighted by Gasteiger charge is -2.33. The van der Waals surface area contributed by atoms with Gasteiger partial charge >= 0.3 is 0 Å². The molecule has 18 heavy (non-hydrogen) atoms. The Balaban J connectivity index is 2.70. The molecule has 102 valence electrons. The van der Waals surface area contributed by atoms with Gasteiger partial charge in [-0.25, -0.2) is 0 Å². The fourth-order valence-electron chi connectivity index (χ4n) is 2.35. The molecule has 0 fully saturated rings. The number of benzene rings is 1. The van der Waals surface area contributed by atoms with Crippen LogP contribution >= 0.6 is 0 Å². The molecule has 2 unspecified atom stereocenters. The zero-order valence-corrected chi connectivity index (χ0v) is 12.2. The first-order valence-electron chi connectivity index (χ1n) is 6.67. The summed E-state index contributed by atoms with van der Waals surface area (Å²) in [7, 11) is 1.67. The number of aliphatic hydroxyl groups is 1. The molecule has 2 atom stereocenters. The van der Waals surface area contributed by atoms with Crippen molar-refractivity contribution in [2.75, 3.05) is 7.11 Å². The third kappa shape index (κ3) is 4.11. The molecule has 1 aromatic rings. The largest absolute Gasteiger partial charge is 0.390 e. The minimum Gasteiger partial charge on any atom is -0.390 e. The fourth-order valence-corrected chi connectivity index (χ4v) is 2.35. The number of aliphatic hydroxyl groups excluding tert-OH is 1. The summed E-state index contributed by atoms with van der Waals surface area (Å²) in [5.74, 6) is 0. The van der Waals surface area contributed by atoms with Gasteiger partial charge in [-0.1, -0.05) is 52.0 Å². The fraction of sp³-hybridized carbons (Fsp3) is 0.625. The summed E-state index contributed by atoms with van der Waals surface area (Å²) in [6.07, 6.45) is 1.07. The molecule has 2 heteroatoms. The van der Waals surface area contributed by atoms with Crippen LogP contribution in [0.5, 0.6) is 0 Å². The van der Waals surface area contributed by atoms with Crippen molar-refractivity contribution in [3.63, 3.8) is 0 Å². The van der Waals surface area contributed by atoms with Crippen LogP contribution in [0.4, 0.5) is 0 Å². The number of methoxy groups -OCH3 is 1. The lowest BCUT2D eigenvalue weighted by Crippen LogP contribution is -2.40. The van der Waals surface area contributed by atoms with Crippen molar-refractivity contribution in [2.45, 2.75) is 52.7 Å². The van der Waals surface area contributed by atoms with Crippen molar-refractivity contribution in [3.8, 4) is 0 Å². The molecule has 0 aliphatic carbocycles. The first kappa shape index (κ1) is 15.2. The number of hydrogen-bond donors (Lipinski definition) is 1. The van der Waals surface area contributed by atoms with E-state index in [2.05, 4.69) is 52.0 Å². The second-order valence-electron chi connectivity index (χ2n) is 5.96. The van der Waals surface area contributed by atoms with E-state index in [9.17, 15) is 5.11 Å². The predicted molar refractivity (Wildman–Crippen MR) is 75.8 cm³/mol. The zero-order chi connectivity index (χ0) is 13.8. The predicted octanol–water partition coefficient (Wildman–Crippen LogP) is 3.21. The smallest absolute Gasteiger partial charge is 0.0881 e. The Kier molecular flexibility index (Phi) is 5.36. The van der Waals surface area contributed by atoms with Gasteiger partial charge < -0.3 is 9.84 Å². The van der Waals surface area contributed by atoms with E-state index in [0.29, 0.717) is 6.42 Å². The topological polar surface area (TPSA) is 29.5 Å². The molecule has 0 saturated carbocycles. The second-order valence-corrected chi connectivity index (χ2v) is 5.96. The molecule has 0 bridgehead atoms. The number of rotatable bonds is 5. The second kappa shape index (κ2) is 6.35. The molecule has 0 spiro atoms. The van der Waals surface area contributed by atoms with Gasteiger partial charge in [0.25, 0.3) is 0 Å². The summed E-state index contributed by atoms with van der Waals surface area (Å²) < 4.78 is 5.44. The summed E-state index contributed by atoms with van der Waals surface area (Å²) in [5.41, 5.74) is 2.43.